The minimum Gasteiger partial charge on any atom is -0.386 e. The predicted octanol–water partition coefficient (Wildman–Crippen LogP) is 3.32. The van der Waals surface area contributed by atoms with Gasteiger partial charge >= 0.3 is 0 Å². The average molecular weight is 577 g/mol. The largest absolute Gasteiger partial charge is 0.386 e. The fourth-order valence-electron chi connectivity index (χ4n) is 4.14. The standard InChI is InChI=1S/C22H32N4O2S2.HI/c1-2-23-21(24-14-18(27)20-13-17-5-3-4-6-19(17)30-20)25-15-22(7-12-29-16-22)26-8-10-28-11-9-26;/h3-6,13,18,27H,2,7-12,14-16H2,1H3,(H2,23,24,25);1H. The second kappa shape index (κ2) is 12.0. The normalized spacial score (nSPS) is 23.5. The number of fused-ring (bicyclic) bond motifs is 1. The molecule has 0 amide bonds. The molecule has 2 aliphatic heterocycles. The highest BCUT2D eigenvalue weighted by Crippen LogP contribution is 2.34. The number of hydrogen-bond donors (Lipinski definition) is 3. The molecule has 6 nitrogen and oxygen atoms in total. The first-order valence-corrected chi connectivity index (χ1v) is 12.8. The van der Waals surface area contributed by atoms with Crippen molar-refractivity contribution in [2.45, 2.75) is 25.0 Å². The number of benzene rings is 1. The zero-order valence-corrected chi connectivity index (χ0v) is 22.0. The molecule has 3 heterocycles. The molecule has 3 N–H and O–H groups in total. The van der Waals surface area contributed by atoms with Gasteiger partial charge in [-0.15, -0.1) is 35.3 Å². The van der Waals surface area contributed by atoms with Crippen molar-refractivity contribution in [3.8, 4) is 0 Å². The number of guanidine groups is 1. The molecule has 1 aromatic carbocycles. The Morgan fingerprint density at radius 2 is 2.10 bits per heavy atom. The van der Waals surface area contributed by atoms with E-state index in [-0.39, 0.29) is 29.5 Å². The Balaban J connectivity index is 0.00000272. The van der Waals surface area contributed by atoms with E-state index in [4.69, 9.17) is 9.73 Å². The summed E-state index contributed by atoms with van der Waals surface area (Å²) in [5.41, 5.74) is 0.126. The number of nitrogens with one attached hydrogen (secondary N) is 2. The monoisotopic (exact) mass is 576 g/mol. The third-order valence-electron chi connectivity index (χ3n) is 5.88. The molecule has 9 heteroatoms. The fourth-order valence-corrected chi connectivity index (χ4v) is 6.65. The van der Waals surface area contributed by atoms with Crippen molar-refractivity contribution in [3.05, 3.63) is 35.2 Å². The number of hydrogen-bond acceptors (Lipinski definition) is 6. The lowest BCUT2D eigenvalue weighted by Crippen LogP contribution is -2.56. The van der Waals surface area contributed by atoms with E-state index >= 15 is 0 Å². The van der Waals surface area contributed by atoms with E-state index in [0.29, 0.717) is 6.54 Å². The molecule has 2 aromatic rings. The Hall–Kier alpha value is -0.590. The molecule has 2 aliphatic rings. The number of thioether (sulfide) groups is 1. The SMILES string of the molecule is CCNC(=NCC1(N2CCOCC2)CCSC1)NCC(O)c1cc2ccccc2s1.I. The average Bonchev–Trinajstić information content (AvgIpc) is 3.44. The maximum absolute atomic E-state index is 10.7. The highest BCUT2D eigenvalue weighted by Gasteiger charge is 2.40. The van der Waals surface area contributed by atoms with Gasteiger partial charge in [-0.2, -0.15) is 11.8 Å². The van der Waals surface area contributed by atoms with Crippen LogP contribution in [0, 0.1) is 0 Å². The first-order chi connectivity index (χ1) is 14.7. The summed E-state index contributed by atoms with van der Waals surface area (Å²) in [6.45, 7) is 7.69. The molecule has 0 spiro atoms. The van der Waals surface area contributed by atoms with Crippen molar-refractivity contribution in [1.29, 1.82) is 0 Å². The van der Waals surface area contributed by atoms with Gasteiger partial charge in [-0.05, 0) is 36.6 Å². The van der Waals surface area contributed by atoms with Crippen LogP contribution in [0.5, 0.6) is 0 Å². The number of aliphatic hydroxyl groups is 1. The molecule has 2 unspecified atom stereocenters. The van der Waals surface area contributed by atoms with Crippen LogP contribution in [-0.2, 0) is 4.74 Å². The van der Waals surface area contributed by atoms with Gasteiger partial charge in [0.05, 0.1) is 25.3 Å². The summed E-state index contributed by atoms with van der Waals surface area (Å²) in [5, 5.41) is 18.6. The topological polar surface area (TPSA) is 69.1 Å². The number of ether oxygens (including phenoxy) is 1. The van der Waals surface area contributed by atoms with Gasteiger partial charge in [0, 0.05) is 41.5 Å². The van der Waals surface area contributed by atoms with E-state index in [0.717, 1.165) is 56.0 Å². The number of halogens is 1. The van der Waals surface area contributed by atoms with E-state index in [1.165, 1.54) is 22.3 Å². The molecule has 0 saturated carbocycles. The molecule has 1 aromatic heterocycles. The second-order valence-corrected chi connectivity index (χ2v) is 10.1. The Morgan fingerprint density at radius 3 is 2.81 bits per heavy atom. The summed E-state index contributed by atoms with van der Waals surface area (Å²) >= 11 is 3.68. The lowest BCUT2D eigenvalue weighted by atomic mass is 9.96. The Morgan fingerprint density at radius 1 is 1.29 bits per heavy atom. The van der Waals surface area contributed by atoms with Crippen LogP contribution in [0.4, 0.5) is 0 Å². The molecular formula is C22H33IN4O2S2. The smallest absolute Gasteiger partial charge is 0.191 e. The first-order valence-electron chi connectivity index (χ1n) is 10.8. The van der Waals surface area contributed by atoms with Gasteiger partial charge in [-0.3, -0.25) is 9.89 Å². The molecule has 31 heavy (non-hydrogen) atoms. The van der Waals surface area contributed by atoms with E-state index in [9.17, 15) is 5.11 Å². The lowest BCUT2D eigenvalue weighted by Gasteiger charge is -2.42. The van der Waals surface area contributed by atoms with Crippen molar-refractivity contribution < 1.29 is 9.84 Å². The molecule has 2 saturated heterocycles. The zero-order valence-electron chi connectivity index (χ0n) is 18.0. The van der Waals surface area contributed by atoms with Crippen LogP contribution in [0.3, 0.4) is 0 Å². The highest BCUT2D eigenvalue weighted by atomic mass is 127. The number of morpholine rings is 1. The van der Waals surface area contributed by atoms with Crippen LogP contribution in [-0.4, -0.2) is 78.9 Å². The summed E-state index contributed by atoms with van der Waals surface area (Å²) in [4.78, 5) is 8.50. The van der Waals surface area contributed by atoms with Crippen molar-refractivity contribution in [2.75, 3.05) is 57.4 Å². The van der Waals surface area contributed by atoms with Crippen LogP contribution in [0.1, 0.15) is 24.3 Å². The number of aliphatic imine (C=N–C) groups is 1. The number of nitrogens with zero attached hydrogens (tertiary/aromatic N) is 2. The predicted molar refractivity (Wildman–Crippen MR) is 143 cm³/mol. The zero-order chi connectivity index (χ0) is 20.8. The number of thiophene rings is 1. The van der Waals surface area contributed by atoms with Gasteiger partial charge in [0.25, 0.3) is 0 Å². The van der Waals surface area contributed by atoms with Crippen LogP contribution in [0.2, 0.25) is 0 Å². The summed E-state index contributed by atoms with van der Waals surface area (Å²) in [7, 11) is 0. The van der Waals surface area contributed by atoms with E-state index < -0.39 is 6.10 Å². The van der Waals surface area contributed by atoms with Crippen LogP contribution in [0.15, 0.2) is 35.3 Å². The maximum Gasteiger partial charge on any atom is 0.191 e. The third kappa shape index (κ3) is 6.26. The van der Waals surface area contributed by atoms with Crippen molar-refractivity contribution >= 4 is 63.1 Å². The summed E-state index contributed by atoms with van der Waals surface area (Å²) < 4.78 is 6.77. The van der Waals surface area contributed by atoms with Gasteiger partial charge in [0.1, 0.15) is 6.10 Å². The van der Waals surface area contributed by atoms with E-state index in [2.05, 4.69) is 40.7 Å². The van der Waals surface area contributed by atoms with Crippen molar-refractivity contribution in [1.82, 2.24) is 15.5 Å². The van der Waals surface area contributed by atoms with Crippen LogP contribution in [0.25, 0.3) is 10.1 Å². The summed E-state index contributed by atoms with van der Waals surface area (Å²) in [6, 6.07) is 10.3. The van der Waals surface area contributed by atoms with Gasteiger partial charge < -0.3 is 20.5 Å². The quantitative estimate of drug-likeness (QED) is 0.267. The first kappa shape index (κ1) is 25.0. The Bertz CT molecular complexity index is 818. The molecule has 0 radical (unpaired) electrons. The van der Waals surface area contributed by atoms with Crippen molar-refractivity contribution in [3.63, 3.8) is 0 Å². The molecule has 2 atom stereocenters. The minimum absolute atomic E-state index is 0. The van der Waals surface area contributed by atoms with Crippen LogP contribution < -0.4 is 10.6 Å². The molecule has 2 fully saturated rings. The number of aliphatic hydroxyl groups excluding tert-OH is 1. The molecule has 0 aliphatic carbocycles. The molecule has 0 bridgehead atoms. The highest BCUT2D eigenvalue weighted by molar-refractivity contribution is 14.0. The number of rotatable bonds is 7. The van der Waals surface area contributed by atoms with Crippen LogP contribution >= 0.6 is 47.1 Å². The van der Waals surface area contributed by atoms with Gasteiger partial charge in [0.2, 0.25) is 0 Å². The van der Waals surface area contributed by atoms with Crippen molar-refractivity contribution in [2.24, 2.45) is 4.99 Å². The molecular weight excluding hydrogens is 543 g/mol. The third-order valence-corrected chi connectivity index (χ3v) is 8.33. The Labute approximate surface area is 210 Å². The second-order valence-electron chi connectivity index (χ2n) is 7.90. The maximum atomic E-state index is 10.7. The molecule has 172 valence electrons. The van der Waals surface area contributed by atoms with Gasteiger partial charge in [-0.1, -0.05) is 18.2 Å². The lowest BCUT2D eigenvalue weighted by molar-refractivity contribution is -0.0104. The Kier molecular flexibility index (Phi) is 9.72. The summed E-state index contributed by atoms with van der Waals surface area (Å²) in [6.07, 6.45) is 0.617. The van der Waals surface area contributed by atoms with Gasteiger partial charge in [0.15, 0.2) is 5.96 Å². The minimum atomic E-state index is -0.554. The van der Waals surface area contributed by atoms with E-state index in [1.807, 2.05) is 23.9 Å². The van der Waals surface area contributed by atoms with Gasteiger partial charge in [-0.25, -0.2) is 0 Å². The van der Waals surface area contributed by atoms with E-state index in [1.54, 1.807) is 11.3 Å². The molecule has 4 rings (SSSR count). The summed E-state index contributed by atoms with van der Waals surface area (Å²) in [5.74, 6) is 3.10. The fraction of sp³-hybridized carbons (Fsp3) is 0.591.